The maximum Gasteiger partial charge on any atom is 0.161 e. The molecule has 118 valence electrons. The third kappa shape index (κ3) is 2.18. The number of carbonyl (C=O) groups excluding carboxylic acids is 1. The molecule has 0 aromatic heterocycles. The summed E-state index contributed by atoms with van der Waals surface area (Å²) < 4.78 is 10.7. The van der Waals surface area contributed by atoms with Crippen LogP contribution in [0.25, 0.3) is 0 Å². The molecule has 1 aromatic rings. The zero-order chi connectivity index (χ0) is 16.1. The maximum absolute atomic E-state index is 12.3. The van der Waals surface area contributed by atoms with Gasteiger partial charge >= 0.3 is 0 Å². The van der Waals surface area contributed by atoms with Crippen molar-refractivity contribution in [2.75, 3.05) is 19.5 Å². The molecule has 4 nitrogen and oxygen atoms in total. The molecule has 2 saturated carbocycles. The van der Waals surface area contributed by atoms with E-state index >= 15 is 0 Å². The Balaban J connectivity index is 1.93. The van der Waals surface area contributed by atoms with Crippen molar-refractivity contribution in [3.05, 3.63) is 29.5 Å². The van der Waals surface area contributed by atoms with Gasteiger partial charge in [-0.25, -0.2) is 0 Å². The first-order chi connectivity index (χ1) is 10.4. The number of carbonyl (C=O) groups is 1. The van der Waals surface area contributed by atoms with Crippen molar-refractivity contribution in [1.82, 2.24) is 0 Å². The largest absolute Gasteiger partial charge is 0.497 e. The van der Waals surface area contributed by atoms with E-state index in [1.807, 2.05) is 25.1 Å². The Labute approximate surface area is 131 Å². The highest BCUT2D eigenvalue weighted by Crippen LogP contribution is 2.68. The van der Waals surface area contributed by atoms with E-state index in [-0.39, 0.29) is 11.2 Å². The van der Waals surface area contributed by atoms with Crippen molar-refractivity contribution < 1.29 is 14.3 Å². The van der Waals surface area contributed by atoms with Gasteiger partial charge in [0.1, 0.15) is 11.5 Å². The third-order valence-corrected chi connectivity index (χ3v) is 5.20. The molecule has 0 amide bonds. The summed E-state index contributed by atoms with van der Waals surface area (Å²) in [4.78, 5) is 12.3. The number of ketones is 1. The molecule has 0 heterocycles. The van der Waals surface area contributed by atoms with Gasteiger partial charge in [-0.1, -0.05) is 13.8 Å². The van der Waals surface area contributed by atoms with Gasteiger partial charge in [0.25, 0.3) is 0 Å². The summed E-state index contributed by atoms with van der Waals surface area (Å²) in [5.74, 6) is 2.67. The highest BCUT2D eigenvalue weighted by atomic mass is 16.5. The van der Waals surface area contributed by atoms with Gasteiger partial charge in [0.05, 0.1) is 19.9 Å². The number of hydrogen-bond donors (Lipinski definition) is 1. The summed E-state index contributed by atoms with van der Waals surface area (Å²) in [7, 11) is 3.27. The molecule has 0 saturated heterocycles. The molecular weight excluding hydrogens is 278 g/mol. The van der Waals surface area contributed by atoms with Crippen molar-refractivity contribution in [3.8, 4) is 11.5 Å². The first kappa shape index (κ1) is 14.9. The van der Waals surface area contributed by atoms with Crippen LogP contribution >= 0.6 is 0 Å². The standard InChI is InChI=1S/C18H23NO3/c1-10(16-14(20)9-12-17(16)18(12,2)3)19-13-8-11(21-4)6-7-15(13)22-5/h6-8,12,17,19H,9H2,1-5H3/b16-10-/t12-,17-/m1/s1. The van der Waals surface area contributed by atoms with Crippen LogP contribution in [0.1, 0.15) is 27.2 Å². The second-order valence-corrected chi connectivity index (χ2v) is 6.76. The van der Waals surface area contributed by atoms with Gasteiger partial charge in [0.2, 0.25) is 0 Å². The van der Waals surface area contributed by atoms with Crippen LogP contribution in [0.5, 0.6) is 11.5 Å². The lowest BCUT2D eigenvalue weighted by Gasteiger charge is -2.17. The molecule has 2 atom stereocenters. The fourth-order valence-corrected chi connectivity index (χ4v) is 3.80. The number of rotatable bonds is 4. The third-order valence-electron chi connectivity index (χ3n) is 5.20. The van der Waals surface area contributed by atoms with Gasteiger partial charge < -0.3 is 14.8 Å². The quantitative estimate of drug-likeness (QED) is 0.863. The summed E-state index contributed by atoms with van der Waals surface area (Å²) in [5, 5.41) is 3.36. The van der Waals surface area contributed by atoms with Crippen LogP contribution in [0.2, 0.25) is 0 Å². The highest BCUT2D eigenvalue weighted by Gasteiger charge is 2.65. The minimum absolute atomic E-state index is 0.255. The fraction of sp³-hybridized carbons (Fsp3) is 0.500. The summed E-state index contributed by atoms with van der Waals surface area (Å²) >= 11 is 0. The molecule has 0 aliphatic heterocycles. The Kier molecular flexibility index (Phi) is 3.42. The van der Waals surface area contributed by atoms with Crippen LogP contribution in [0, 0.1) is 17.3 Å². The summed E-state index contributed by atoms with van der Waals surface area (Å²) in [6.45, 7) is 6.46. The Hall–Kier alpha value is -1.97. The van der Waals surface area contributed by atoms with E-state index < -0.39 is 0 Å². The Morgan fingerprint density at radius 1 is 1.27 bits per heavy atom. The van der Waals surface area contributed by atoms with Gasteiger partial charge in [-0.2, -0.15) is 0 Å². The topological polar surface area (TPSA) is 47.6 Å². The van der Waals surface area contributed by atoms with Crippen LogP contribution in [0.15, 0.2) is 29.5 Å². The maximum atomic E-state index is 12.3. The zero-order valence-electron chi connectivity index (χ0n) is 13.8. The van der Waals surface area contributed by atoms with Crippen molar-refractivity contribution in [3.63, 3.8) is 0 Å². The number of fused-ring (bicyclic) bond motifs is 1. The molecule has 0 spiro atoms. The van der Waals surface area contributed by atoms with Gasteiger partial charge in [-0.15, -0.1) is 0 Å². The van der Waals surface area contributed by atoms with E-state index in [1.165, 1.54) is 0 Å². The molecule has 4 heteroatoms. The van der Waals surface area contributed by atoms with E-state index in [9.17, 15) is 4.79 Å². The Bertz CT molecular complexity index is 660. The summed E-state index contributed by atoms with van der Waals surface area (Å²) in [6, 6.07) is 5.60. The molecule has 1 N–H and O–H groups in total. The fourth-order valence-electron chi connectivity index (χ4n) is 3.80. The SMILES string of the molecule is COc1ccc(OC)c(N/C(C)=C2/C(=O)C[C@@H]3[C@H]2C3(C)C)c1. The van der Waals surface area contributed by atoms with Crippen LogP contribution in [0.3, 0.4) is 0 Å². The van der Waals surface area contributed by atoms with E-state index in [2.05, 4.69) is 19.2 Å². The molecular formula is C18H23NO3. The molecule has 0 bridgehead atoms. The predicted molar refractivity (Wildman–Crippen MR) is 86.3 cm³/mol. The smallest absolute Gasteiger partial charge is 0.161 e. The predicted octanol–water partition coefficient (Wildman–Crippen LogP) is 3.63. The molecule has 22 heavy (non-hydrogen) atoms. The Morgan fingerprint density at radius 3 is 2.59 bits per heavy atom. The van der Waals surface area contributed by atoms with Crippen molar-refractivity contribution >= 4 is 11.5 Å². The monoisotopic (exact) mass is 301 g/mol. The lowest BCUT2D eigenvalue weighted by molar-refractivity contribution is -0.115. The van der Waals surface area contributed by atoms with E-state index in [0.29, 0.717) is 18.3 Å². The molecule has 2 aliphatic rings. The molecule has 0 unspecified atom stereocenters. The van der Waals surface area contributed by atoms with Gasteiger partial charge in [-0.05, 0) is 36.3 Å². The van der Waals surface area contributed by atoms with Crippen LogP contribution in [0.4, 0.5) is 5.69 Å². The molecule has 0 radical (unpaired) electrons. The Morgan fingerprint density at radius 2 is 2.00 bits per heavy atom. The number of nitrogens with one attached hydrogen (secondary N) is 1. The second-order valence-electron chi connectivity index (χ2n) is 6.76. The number of ether oxygens (including phenoxy) is 2. The summed E-state index contributed by atoms with van der Waals surface area (Å²) in [5.41, 5.74) is 2.96. The van der Waals surface area contributed by atoms with Crippen LogP contribution in [-0.2, 0) is 4.79 Å². The van der Waals surface area contributed by atoms with Gasteiger partial charge in [-0.3, -0.25) is 4.79 Å². The number of anilines is 1. The number of hydrogen-bond acceptors (Lipinski definition) is 4. The normalized spacial score (nSPS) is 27.2. The van der Waals surface area contributed by atoms with E-state index in [4.69, 9.17) is 9.47 Å². The molecule has 2 fully saturated rings. The average molecular weight is 301 g/mol. The minimum atomic E-state index is 0.255. The van der Waals surface area contributed by atoms with Crippen molar-refractivity contribution in [2.24, 2.45) is 17.3 Å². The lowest BCUT2D eigenvalue weighted by Crippen LogP contribution is -2.12. The van der Waals surface area contributed by atoms with Gasteiger partial charge in [0.15, 0.2) is 5.78 Å². The van der Waals surface area contributed by atoms with E-state index in [0.717, 1.165) is 28.5 Å². The lowest BCUT2D eigenvalue weighted by atomic mass is 9.95. The van der Waals surface area contributed by atoms with Gasteiger partial charge in [0, 0.05) is 23.8 Å². The highest BCUT2D eigenvalue weighted by molar-refractivity contribution is 6.01. The molecule has 3 rings (SSSR count). The first-order valence-corrected chi connectivity index (χ1v) is 7.63. The van der Waals surface area contributed by atoms with Crippen molar-refractivity contribution in [2.45, 2.75) is 27.2 Å². The average Bonchev–Trinajstić information content (AvgIpc) is 2.84. The second kappa shape index (κ2) is 5.04. The number of benzene rings is 1. The zero-order valence-corrected chi connectivity index (χ0v) is 13.8. The number of allylic oxidation sites excluding steroid dienone is 2. The van der Waals surface area contributed by atoms with Crippen LogP contribution < -0.4 is 14.8 Å². The molecule has 1 aromatic carbocycles. The first-order valence-electron chi connectivity index (χ1n) is 7.63. The molecule has 2 aliphatic carbocycles. The van der Waals surface area contributed by atoms with Crippen LogP contribution in [-0.4, -0.2) is 20.0 Å². The minimum Gasteiger partial charge on any atom is -0.497 e. The number of Topliss-reactive ketones (excluding diaryl/α,β-unsaturated/α-hetero) is 1. The summed E-state index contributed by atoms with van der Waals surface area (Å²) in [6.07, 6.45) is 0.682. The van der Waals surface area contributed by atoms with Crippen molar-refractivity contribution in [1.29, 1.82) is 0 Å². The number of methoxy groups -OCH3 is 2. The van der Waals surface area contributed by atoms with E-state index in [1.54, 1.807) is 14.2 Å².